The van der Waals surface area contributed by atoms with E-state index in [0.29, 0.717) is 17.0 Å². The Morgan fingerprint density at radius 2 is 1.65 bits per heavy atom. The normalized spacial score (nSPS) is 15.6. The van der Waals surface area contributed by atoms with E-state index in [-0.39, 0.29) is 11.3 Å². The Bertz CT molecular complexity index is 1020. The summed E-state index contributed by atoms with van der Waals surface area (Å²) in [5.41, 5.74) is 3.33. The Morgan fingerprint density at radius 1 is 0.923 bits per heavy atom. The van der Waals surface area contributed by atoms with E-state index in [1.807, 2.05) is 6.07 Å². The van der Waals surface area contributed by atoms with E-state index in [9.17, 15) is 14.0 Å². The largest absolute Gasteiger partial charge is 0.457 e. The summed E-state index contributed by atoms with van der Waals surface area (Å²) < 4.78 is 19.4. The average Bonchev–Trinajstić information content (AvgIpc) is 3.23. The molecule has 1 aliphatic rings. The van der Waals surface area contributed by atoms with E-state index in [2.05, 4.69) is 5.43 Å². The number of anilines is 1. The maximum atomic E-state index is 13.9. The number of amides is 2. The monoisotopic (exact) mass is 348 g/mol. The highest BCUT2D eigenvalue weighted by molar-refractivity contribution is 6.31. The molecule has 0 spiro atoms. The molecule has 3 aromatic rings. The van der Waals surface area contributed by atoms with Gasteiger partial charge in [0.05, 0.1) is 11.3 Å². The van der Waals surface area contributed by atoms with E-state index >= 15 is 0 Å². The van der Waals surface area contributed by atoms with Gasteiger partial charge in [0.2, 0.25) is 0 Å². The molecule has 5 nitrogen and oxygen atoms in total. The van der Waals surface area contributed by atoms with Crippen molar-refractivity contribution in [3.63, 3.8) is 0 Å². The highest BCUT2D eigenvalue weighted by atomic mass is 19.1. The first-order valence-corrected chi connectivity index (χ1v) is 7.90. The summed E-state index contributed by atoms with van der Waals surface area (Å²) in [6.07, 6.45) is 1.35. The molecule has 0 radical (unpaired) electrons. The molecule has 26 heavy (non-hydrogen) atoms. The second kappa shape index (κ2) is 6.33. The SMILES string of the molecule is O=C1NN(c2ccccc2)C(=O)/C1=C\c1ccc(-c2ccccc2F)o1. The minimum atomic E-state index is -0.525. The van der Waals surface area contributed by atoms with Gasteiger partial charge in [-0.25, -0.2) is 9.40 Å². The van der Waals surface area contributed by atoms with Crippen molar-refractivity contribution in [2.45, 2.75) is 0 Å². The molecule has 2 heterocycles. The lowest BCUT2D eigenvalue weighted by molar-refractivity contribution is -0.117. The molecule has 1 aromatic heterocycles. The number of nitrogens with zero attached hydrogens (tertiary/aromatic N) is 1. The van der Waals surface area contributed by atoms with Gasteiger partial charge < -0.3 is 4.42 Å². The van der Waals surface area contributed by atoms with Crippen molar-refractivity contribution < 1.29 is 18.4 Å². The van der Waals surface area contributed by atoms with Crippen LogP contribution in [0.5, 0.6) is 0 Å². The third-order valence-corrected chi connectivity index (χ3v) is 3.96. The van der Waals surface area contributed by atoms with Gasteiger partial charge in [-0.2, -0.15) is 0 Å². The van der Waals surface area contributed by atoms with Crippen molar-refractivity contribution in [2.75, 3.05) is 5.01 Å². The quantitative estimate of drug-likeness (QED) is 0.582. The zero-order valence-corrected chi connectivity index (χ0v) is 13.5. The first-order valence-electron chi connectivity index (χ1n) is 7.90. The molecule has 0 aliphatic carbocycles. The fourth-order valence-electron chi connectivity index (χ4n) is 2.69. The van der Waals surface area contributed by atoms with Crippen molar-refractivity contribution >= 4 is 23.6 Å². The summed E-state index contributed by atoms with van der Waals surface area (Å²) in [5, 5.41) is 1.18. The third kappa shape index (κ3) is 2.77. The Morgan fingerprint density at radius 3 is 2.42 bits per heavy atom. The van der Waals surface area contributed by atoms with Gasteiger partial charge in [0.25, 0.3) is 11.8 Å². The van der Waals surface area contributed by atoms with Crippen molar-refractivity contribution in [3.05, 3.63) is 83.9 Å². The predicted octanol–water partition coefficient (Wildman–Crippen LogP) is 3.55. The standard InChI is InChI=1S/C20H13FN2O3/c21-17-9-5-4-8-15(17)18-11-10-14(26-18)12-16-19(24)22-23(20(16)25)13-6-2-1-3-7-13/h1-12H,(H,22,24)/b16-12-. The van der Waals surface area contributed by atoms with Gasteiger partial charge in [-0.1, -0.05) is 30.3 Å². The third-order valence-electron chi connectivity index (χ3n) is 3.96. The molecule has 6 heteroatoms. The lowest BCUT2D eigenvalue weighted by atomic mass is 10.1. The molecule has 0 saturated carbocycles. The van der Waals surface area contributed by atoms with Crippen LogP contribution in [-0.4, -0.2) is 11.8 Å². The zero-order valence-electron chi connectivity index (χ0n) is 13.5. The summed E-state index contributed by atoms with van der Waals surface area (Å²) in [6, 6.07) is 18.2. The number of hydrogen-bond donors (Lipinski definition) is 1. The Kier molecular flexibility index (Phi) is 3.85. The topological polar surface area (TPSA) is 62.6 Å². The first kappa shape index (κ1) is 15.8. The molecule has 2 amide bonds. The Hall–Kier alpha value is -3.67. The van der Waals surface area contributed by atoms with Crippen LogP contribution in [0.1, 0.15) is 5.76 Å². The Balaban J connectivity index is 1.64. The molecule has 1 aliphatic heterocycles. The van der Waals surface area contributed by atoms with Crippen molar-refractivity contribution in [1.82, 2.24) is 5.43 Å². The molecule has 1 N–H and O–H groups in total. The first-order chi connectivity index (χ1) is 12.6. The van der Waals surface area contributed by atoms with Gasteiger partial charge in [-0.15, -0.1) is 0 Å². The van der Waals surface area contributed by atoms with Gasteiger partial charge in [0.15, 0.2) is 0 Å². The van der Waals surface area contributed by atoms with Crippen molar-refractivity contribution in [1.29, 1.82) is 0 Å². The van der Waals surface area contributed by atoms with E-state index in [0.717, 1.165) is 0 Å². The number of furan rings is 1. The molecule has 0 atom stereocenters. The number of rotatable bonds is 3. The summed E-state index contributed by atoms with van der Waals surface area (Å²) in [6.45, 7) is 0. The van der Waals surface area contributed by atoms with Crippen LogP contribution < -0.4 is 10.4 Å². The van der Waals surface area contributed by atoms with Crippen molar-refractivity contribution in [3.8, 4) is 11.3 Å². The van der Waals surface area contributed by atoms with E-state index in [1.165, 1.54) is 17.2 Å². The molecule has 0 unspecified atom stereocenters. The van der Waals surface area contributed by atoms with E-state index in [1.54, 1.807) is 54.6 Å². The molecular weight excluding hydrogens is 335 g/mol. The second-order valence-corrected chi connectivity index (χ2v) is 5.66. The van der Waals surface area contributed by atoms with E-state index in [4.69, 9.17) is 4.42 Å². The fourth-order valence-corrected chi connectivity index (χ4v) is 2.69. The molecule has 1 saturated heterocycles. The number of hydrogen-bond acceptors (Lipinski definition) is 3. The maximum absolute atomic E-state index is 13.9. The maximum Gasteiger partial charge on any atom is 0.282 e. The number of carbonyl (C=O) groups is 2. The van der Waals surface area contributed by atoms with Crippen LogP contribution in [0, 0.1) is 5.82 Å². The fraction of sp³-hybridized carbons (Fsp3) is 0. The van der Waals surface area contributed by atoms with Crippen LogP contribution in [0.15, 0.2) is 76.7 Å². The zero-order chi connectivity index (χ0) is 18.1. The lowest BCUT2D eigenvalue weighted by Gasteiger charge is -2.13. The van der Waals surface area contributed by atoms with Gasteiger partial charge in [0, 0.05) is 0 Å². The molecular formula is C20H13FN2O3. The van der Waals surface area contributed by atoms with Crippen molar-refractivity contribution in [2.24, 2.45) is 0 Å². The predicted molar refractivity (Wildman–Crippen MR) is 94.1 cm³/mol. The summed E-state index contributed by atoms with van der Waals surface area (Å²) in [7, 11) is 0. The van der Waals surface area contributed by atoms with Gasteiger partial charge in [-0.05, 0) is 42.5 Å². The molecule has 2 aromatic carbocycles. The lowest BCUT2D eigenvalue weighted by Crippen LogP contribution is -2.35. The average molecular weight is 348 g/mol. The smallest absolute Gasteiger partial charge is 0.282 e. The summed E-state index contributed by atoms with van der Waals surface area (Å²) in [4.78, 5) is 24.7. The number of carbonyl (C=O) groups excluding carboxylic acids is 2. The number of halogens is 1. The van der Waals surface area contributed by atoms with Crippen LogP contribution >= 0.6 is 0 Å². The number of benzene rings is 2. The Labute approximate surface area is 148 Å². The minimum absolute atomic E-state index is 0.0525. The number of hydrazine groups is 1. The van der Waals surface area contributed by atoms with Crippen LogP contribution in [0.25, 0.3) is 17.4 Å². The van der Waals surface area contributed by atoms with Crippen LogP contribution in [0.3, 0.4) is 0 Å². The molecule has 128 valence electrons. The minimum Gasteiger partial charge on any atom is -0.457 e. The molecule has 1 fully saturated rings. The number of para-hydroxylation sites is 1. The second-order valence-electron chi connectivity index (χ2n) is 5.66. The van der Waals surface area contributed by atoms with Gasteiger partial charge in [0.1, 0.15) is 22.9 Å². The van der Waals surface area contributed by atoms with E-state index < -0.39 is 17.6 Å². The van der Waals surface area contributed by atoms with Gasteiger partial charge >= 0.3 is 0 Å². The highest BCUT2D eigenvalue weighted by Gasteiger charge is 2.34. The number of nitrogens with one attached hydrogen (secondary N) is 1. The summed E-state index contributed by atoms with van der Waals surface area (Å²) in [5.74, 6) is -0.809. The highest BCUT2D eigenvalue weighted by Crippen LogP contribution is 2.27. The van der Waals surface area contributed by atoms with Crippen LogP contribution in [0.2, 0.25) is 0 Å². The summed E-state index contributed by atoms with van der Waals surface area (Å²) >= 11 is 0. The van der Waals surface area contributed by atoms with Crippen LogP contribution in [-0.2, 0) is 9.59 Å². The molecule has 4 rings (SSSR count). The van der Waals surface area contributed by atoms with Gasteiger partial charge in [-0.3, -0.25) is 15.0 Å². The van der Waals surface area contributed by atoms with Crippen LogP contribution in [0.4, 0.5) is 10.1 Å². The molecule has 0 bridgehead atoms.